The highest BCUT2D eigenvalue weighted by Gasteiger charge is 2.23. The Balaban J connectivity index is 0.00000144. The Labute approximate surface area is 197 Å². The molecule has 0 spiro atoms. The molecule has 2 aliphatic heterocycles. The van der Waals surface area contributed by atoms with E-state index in [1.807, 2.05) is 6.07 Å². The lowest BCUT2D eigenvalue weighted by Crippen LogP contribution is -2.46. The molecule has 0 bridgehead atoms. The van der Waals surface area contributed by atoms with Crippen molar-refractivity contribution in [1.29, 1.82) is 0 Å². The Morgan fingerprint density at radius 3 is 2.56 bits per heavy atom. The maximum atomic E-state index is 9.74. The summed E-state index contributed by atoms with van der Waals surface area (Å²) in [6.07, 6.45) is 2.32. The predicted octanol–water partition coefficient (Wildman–Crippen LogP) is 1.07. The number of rotatable bonds is 6. The topological polar surface area (TPSA) is 109 Å². The van der Waals surface area contributed by atoms with Crippen LogP contribution in [0, 0.1) is 0 Å². The number of hydrogen-bond acceptors (Lipinski definition) is 9. The van der Waals surface area contributed by atoms with Gasteiger partial charge in [-0.05, 0) is 17.7 Å². The predicted molar refractivity (Wildman–Crippen MR) is 123 cm³/mol. The molecule has 10 nitrogen and oxygen atoms in total. The monoisotopic (exact) mass is 484 g/mol. The Kier molecular flexibility index (Phi) is 7.96. The van der Waals surface area contributed by atoms with Crippen molar-refractivity contribution in [2.24, 2.45) is 0 Å². The minimum absolute atomic E-state index is 0. The van der Waals surface area contributed by atoms with Crippen LogP contribution in [0.1, 0.15) is 5.56 Å². The smallest absolute Gasteiger partial charge is 0.231 e. The van der Waals surface area contributed by atoms with Crippen molar-refractivity contribution in [3.63, 3.8) is 0 Å². The molecule has 0 saturated carbocycles. The highest BCUT2D eigenvalue weighted by molar-refractivity contribution is 5.85. The van der Waals surface area contributed by atoms with Gasteiger partial charge in [-0.2, -0.15) is 0 Å². The van der Waals surface area contributed by atoms with Crippen LogP contribution in [0.5, 0.6) is 11.5 Å². The Morgan fingerprint density at radius 2 is 1.78 bits per heavy atom. The summed E-state index contributed by atoms with van der Waals surface area (Å²) in [5.74, 6) is 2.43. The molecule has 2 aromatic heterocycles. The summed E-state index contributed by atoms with van der Waals surface area (Å²) in [5, 5.41) is 18.8. The minimum Gasteiger partial charge on any atom is -0.454 e. The highest BCUT2D eigenvalue weighted by Crippen LogP contribution is 2.33. The van der Waals surface area contributed by atoms with E-state index in [4.69, 9.17) is 14.6 Å². The van der Waals surface area contributed by atoms with Crippen LogP contribution in [-0.4, -0.2) is 80.3 Å². The van der Waals surface area contributed by atoms with E-state index in [2.05, 4.69) is 36.9 Å². The van der Waals surface area contributed by atoms with Crippen molar-refractivity contribution in [3.05, 3.63) is 36.4 Å². The van der Waals surface area contributed by atoms with Gasteiger partial charge in [-0.15, -0.1) is 24.8 Å². The van der Waals surface area contributed by atoms with Crippen LogP contribution in [0.2, 0.25) is 0 Å². The second-order valence-corrected chi connectivity index (χ2v) is 7.55. The van der Waals surface area contributed by atoms with E-state index in [0.29, 0.717) is 18.0 Å². The first-order valence-electron chi connectivity index (χ1n) is 10.0. The minimum atomic E-state index is -0.847. The van der Waals surface area contributed by atoms with Crippen LogP contribution in [0.4, 0.5) is 5.82 Å². The molecule has 12 heteroatoms. The summed E-state index contributed by atoms with van der Waals surface area (Å²) in [7, 11) is 0. The number of aromatic nitrogens is 4. The van der Waals surface area contributed by atoms with Crippen LogP contribution < -0.4 is 14.4 Å². The zero-order valence-electron chi connectivity index (χ0n) is 17.3. The summed E-state index contributed by atoms with van der Waals surface area (Å²) in [5.41, 5.74) is 2.58. The fourth-order valence-electron chi connectivity index (χ4n) is 3.93. The molecule has 174 valence electrons. The Morgan fingerprint density at radius 1 is 1.00 bits per heavy atom. The molecule has 1 aromatic carbocycles. The van der Waals surface area contributed by atoms with Crippen molar-refractivity contribution in [3.8, 4) is 11.5 Å². The molecule has 0 aliphatic carbocycles. The Bertz CT molecular complexity index is 1040. The van der Waals surface area contributed by atoms with Crippen LogP contribution in [-0.2, 0) is 13.1 Å². The molecular formula is C20H26Cl2N6O4. The largest absolute Gasteiger partial charge is 0.454 e. The molecule has 1 atom stereocenters. The average Bonchev–Trinajstić information content (AvgIpc) is 3.41. The lowest BCUT2D eigenvalue weighted by Gasteiger charge is -2.35. The third-order valence-electron chi connectivity index (χ3n) is 5.52. The summed E-state index contributed by atoms with van der Waals surface area (Å²) in [6, 6.07) is 6.10. The van der Waals surface area contributed by atoms with E-state index in [1.165, 1.54) is 11.9 Å². The fourth-order valence-corrected chi connectivity index (χ4v) is 3.93. The fraction of sp³-hybridized carbons (Fsp3) is 0.450. The number of fused-ring (bicyclic) bond motifs is 2. The standard InChI is InChI=1S/C20H24N6O4.2ClH/c27-10-15(28)9-26-12-23-18-19(21-11-22-20(18)26)25-5-3-24(4-6-25)8-14-1-2-16-17(7-14)30-13-29-16;;/h1-2,7,11-12,15,27-28H,3-6,8-10,13H2;2*1H. The van der Waals surface area contributed by atoms with Gasteiger partial charge in [0.2, 0.25) is 6.79 Å². The van der Waals surface area contributed by atoms with E-state index in [0.717, 1.165) is 50.0 Å². The van der Waals surface area contributed by atoms with E-state index in [9.17, 15) is 5.11 Å². The second-order valence-electron chi connectivity index (χ2n) is 7.55. The number of halogens is 2. The molecule has 5 rings (SSSR count). The van der Waals surface area contributed by atoms with E-state index in [-0.39, 0.29) is 38.0 Å². The number of nitrogens with zero attached hydrogens (tertiary/aromatic N) is 6. The van der Waals surface area contributed by atoms with Gasteiger partial charge >= 0.3 is 0 Å². The van der Waals surface area contributed by atoms with Gasteiger partial charge in [0.05, 0.1) is 25.6 Å². The van der Waals surface area contributed by atoms with Crippen LogP contribution in [0.15, 0.2) is 30.9 Å². The number of piperazine rings is 1. The number of aliphatic hydroxyl groups is 2. The molecule has 1 saturated heterocycles. The van der Waals surface area contributed by atoms with Gasteiger partial charge in [0.15, 0.2) is 28.5 Å². The molecule has 0 amide bonds. The van der Waals surface area contributed by atoms with Gasteiger partial charge in [-0.1, -0.05) is 6.07 Å². The van der Waals surface area contributed by atoms with Crippen molar-refractivity contribution in [2.45, 2.75) is 19.2 Å². The van der Waals surface area contributed by atoms with E-state index < -0.39 is 6.10 Å². The maximum Gasteiger partial charge on any atom is 0.231 e. The van der Waals surface area contributed by atoms with Gasteiger partial charge in [0.25, 0.3) is 0 Å². The molecule has 1 fully saturated rings. The van der Waals surface area contributed by atoms with Crippen LogP contribution in [0.25, 0.3) is 11.2 Å². The van der Waals surface area contributed by atoms with Gasteiger partial charge in [0, 0.05) is 32.7 Å². The molecule has 4 heterocycles. The van der Waals surface area contributed by atoms with Gasteiger partial charge < -0.3 is 29.2 Å². The first-order chi connectivity index (χ1) is 14.7. The maximum absolute atomic E-state index is 9.74. The average molecular weight is 485 g/mol. The number of imidazole rings is 1. The van der Waals surface area contributed by atoms with E-state index in [1.54, 1.807) is 10.9 Å². The lowest BCUT2D eigenvalue weighted by molar-refractivity contribution is 0.0820. The zero-order chi connectivity index (χ0) is 20.5. The van der Waals surface area contributed by atoms with Crippen molar-refractivity contribution >= 4 is 41.8 Å². The first-order valence-corrected chi connectivity index (χ1v) is 10.0. The van der Waals surface area contributed by atoms with Crippen molar-refractivity contribution < 1.29 is 19.7 Å². The number of hydrogen-bond donors (Lipinski definition) is 2. The number of ether oxygens (including phenoxy) is 2. The molecule has 1 unspecified atom stereocenters. The van der Waals surface area contributed by atoms with Crippen molar-refractivity contribution in [1.82, 2.24) is 24.4 Å². The third kappa shape index (κ3) is 4.84. The van der Waals surface area contributed by atoms with Gasteiger partial charge in [-0.25, -0.2) is 15.0 Å². The van der Waals surface area contributed by atoms with Gasteiger partial charge in [-0.3, -0.25) is 4.90 Å². The first kappa shape index (κ1) is 24.3. The van der Waals surface area contributed by atoms with Crippen molar-refractivity contribution in [2.75, 3.05) is 44.5 Å². The third-order valence-corrected chi connectivity index (χ3v) is 5.52. The number of anilines is 1. The molecule has 2 N–H and O–H groups in total. The SMILES string of the molecule is Cl.Cl.OCC(O)Cn1cnc2c(N3CCN(Cc4ccc5c(c4)OCO5)CC3)ncnc21. The summed E-state index contributed by atoms with van der Waals surface area (Å²) in [4.78, 5) is 17.9. The number of benzene rings is 1. The molecular weight excluding hydrogens is 459 g/mol. The normalized spacial score (nSPS) is 16.5. The summed E-state index contributed by atoms with van der Waals surface area (Å²) < 4.78 is 12.6. The molecule has 2 aliphatic rings. The van der Waals surface area contributed by atoms with Gasteiger partial charge in [0.1, 0.15) is 6.33 Å². The zero-order valence-corrected chi connectivity index (χ0v) is 19.0. The molecule has 32 heavy (non-hydrogen) atoms. The molecule has 3 aromatic rings. The summed E-state index contributed by atoms with van der Waals surface area (Å²) >= 11 is 0. The van der Waals surface area contributed by atoms with Crippen LogP contribution >= 0.6 is 24.8 Å². The highest BCUT2D eigenvalue weighted by atomic mass is 35.5. The Hall–Kier alpha value is -2.37. The molecule has 0 radical (unpaired) electrons. The number of aliphatic hydroxyl groups excluding tert-OH is 2. The van der Waals surface area contributed by atoms with E-state index >= 15 is 0 Å². The lowest BCUT2D eigenvalue weighted by atomic mass is 10.1. The summed E-state index contributed by atoms with van der Waals surface area (Å²) in [6.45, 7) is 4.58. The quantitative estimate of drug-likeness (QED) is 0.530. The van der Waals surface area contributed by atoms with Crippen LogP contribution in [0.3, 0.4) is 0 Å². The second kappa shape index (κ2) is 10.5.